The van der Waals surface area contributed by atoms with Crippen LogP contribution in [0.2, 0.25) is 0 Å². The predicted molar refractivity (Wildman–Crippen MR) is 78.7 cm³/mol. The van der Waals surface area contributed by atoms with Crippen LogP contribution in [-0.4, -0.2) is 27.0 Å². The van der Waals surface area contributed by atoms with Crippen LogP contribution < -0.4 is 4.72 Å². The molecule has 1 rings (SSSR count). The summed E-state index contributed by atoms with van der Waals surface area (Å²) in [7, 11) is -3.46. The summed E-state index contributed by atoms with van der Waals surface area (Å²) < 4.78 is 26.6. The van der Waals surface area contributed by atoms with Crippen molar-refractivity contribution in [2.24, 2.45) is 0 Å². The molecule has 1 aromatic rings. The molecule has 0 aliphatic rings. The van der Waals surface area contributed by atoms with E-state index in [0.29, 0.717) is 17.7 Å². The van der Waals surface area contributed by atoms with Crippen molar-refractivity contribution in [1.82, 2.24) is 4.72 Å². The van der Waals surface area contributed by atoms with E-state index in [9.17, 15) is 8.42 Å². The second-order valence-electron chi connectivity index (χ2n) is 4.19. The highest BCUT2D eigenvalue weighted by Crippen LogP contribution is 2.14. The van der Waals surface area contributed by atoms with Gasteiger partial charge < -0.3 is 0 Å². The van der Waals surface area contributed by atoms with Crippen LogP contribution in [0.25, 0.3) is 0 Å². The Hall–Kier alpha value is -1.03. The molecular weight excluding hydrogens is 280 g/mol. The number of rotatable bonds is 7. The van der Waals surface area contributed by atoms with E-state index in [-0.39, 0.29) is 4.90 Å². The Bertz CT molecular complexity index is 562. The zero-order valence-corrected chi connectivity index (χ0v) is 12.8. The Morgan fingerprint density at radius 1 is 1.37 bits per heavy atom. The highest BCUT2D eigenvalue weighted by Gasteiger charge is 2.14. The van der Waals surface area contributed by atoms with Gasteiger partial charge in [-0.15, -0.1) is 0 Å². The summed E-state index contributed by atoms with van der Waals surface area (Å²) in [6.45, 7) is 2.18. The van der Waals surface area contributed by atoms with Crippen molar-refractivity contribution in [3.63, 3.8) is 0 Å². The number of nitriles is 1. The molecule has 4 nitrogen and oxygen atoms in total. The molecule has 19 heavy (non-hydrogen) atoms. The van der Waals surface area contributed by atoms with Crippen molar-refractivity contribution < 1.29 is 8.42 Å². The Morgan fingerprint density at radius 2 is 2.11 bits per heavy atom. The topological polar surface area (TPSA) is 70.0 Å². The highest BCUT2D eigenvalue weighted by atomic mass is 32.2. The van der Waals surface area contributed by atoms with E-state index in [2.05, 4.69) is 4.72 Å². The molecule has 0 radical (unpaired) electrons. The average molecular weight is 298 g/mol. The molecule has 0 aromatic heterocycles. The number of benzene rings is 1. The third kappa shape index (κ3) is 4.86. The normalized spacial score (nSPS) is 11.2. The van der Waals surface area contributed by atoms with Crippen molar-refractivity contribution in [3.05, 3.63) is 29.3 Å². The fraction of sp³-hybridized carbons (Fsp3) is 0.462. The molecule has 0 saturated carbocycles. The quantitative estimate of drug-likeness (QED) is 0.784. The maximum Gasteiger partial charge on any atom is 0.240 e. The lowest BCUT2D eigenvalue weighted by atomic mass is 10.1. The van der Waals surface area contributed by atoms with E-state index in [4.69, 9.17) is 5.26 Å². The van der Waals surface area contributed by atoms with Crippen LogP contribution in [0.1, 0.15) is 24.0 Å². The molecule has 0 aliphatic heterocycles. The number of hydrogen-bond donors (Lipinski definition) is 1. The Kier molecular flexibility index (Phi) is 6.35. The van der Waals surface area contributed by atoms with Gasteiger partial charge in [0, 0.05) is 6.54 Å². The third-order valence-corrected chi connectivity index (χ3v) is 4.85. The molecule has 0 fully saturated rings. The Balaban J connectivity index is 2.68. The summed E-state index contributed by atoms with van der Waals surface area (Å²) in [5.41, 5.74) is 1.17. The van der Waals surface area contributed by atoms with Gasteiger partial charge in [-0.05, 0) is 55.5 Å². The lowest BCUT2D eigenvalue weighted by Gasteiger charge is -2.07. The fourth-order valence-corrected chi connectivity index (χ4v) is 3.24. The number of thioether (sulfide) groups is 1. The summed E-state index contributed by atoms with van der Waals surface area (Å²) in [5.74, 6) is 1.04. The largest absolute Gasteiger partial charge is 0.240 e. The van der Waals surface area contributed by atoms with E-state index in [1.54, 1.807) is 18.7 Å². The maximum atomic E-state index is 12.0. The van der Waals surface area contributed by atoms with E-state index >= 15 is 0 Å². The van der Waals surface area contributed by atoms with E-state index in [1.807, 2.05) is 12.3 Å². The summed E-state index contributed by atoms with van der Waals surface area (Å²) >= 11 is 1.75. The van der Waals surface area contributed by atoms with Crippen LogP contribution in [0, 0.1) is 18.3 Å². The lowest BCUT2D eigenvalue weighted by Crippen LogP contribution is -2.25. The second-order valence-corrected chi connectivity index (χ2v) is 6.94. The minimum atomic E-state index is -3.46. The molecule has 0 bridgehead atoms. The van der Waals surface area contributed by atoms with Crippen LogP contribution in [0.15, 0.2) is 23.1 Å². The molecule has 104 valence electrons. The summed E-state index contributed by atoms with van der Waals surface area (Å²) in [5, 5.41) is 8.82. The summed E-state index contributed by atoms with van der Waals surface area (Å²) in [6, 6.07) is 6.56. The van der Waals surface area contributed by atoms with Gasteiger partial charge in [0.25, 0.3) is 0 Å². The molecule has 0 heterocycles. The molecule has 0 amide bonds. The SMILES string of the molecule is CSCCCCNS(=O)(=O)c1ccc(C#N)c(C)c1. The van der Waals surface area contributed by atoms with Crippen molar-refractivity contribution in [1.29, 1.82) is 5.26 Å². The number of nitrogens with one attached hydrogen (secondary N) is 1. The molecule has 0 atom stereocenters. The number of nitrogens with zero attached hydrogens (tertiary/aromatic N) is 1. The van der Waals surface area contributed by atoms with E-state index in [0.717, 1.165) is 18.6 Å². The van der Waals surface area contributed by atoms with Crippen LogP contribution in [0.4, 0.5) is 0 Å². The van der Waals surface area contributed by atoms with Gasteiger partial charge in [0.1, 0.15) is 0 Å². The van der Waals surface area contributed by atoms with Gasteiger partial charge in [0.05, 0.1) is 16.5 Å². The molecule has 0 aliphatic carbocycles. The van der Waals surface area contributed by atoms with Crippen LogP contribution >= 0.6 is 11.8 Å². The first-order valence-corrected chi connectivity index (χ1v) is 8.88. The monoisotopic (exact) mass is 298 g/mol. The molecule has 0 unspecified atom stereocenters. The van der Waals surface area contributed by atoms with Gasteiger partial charge in [-0.1, -0.05) is 0 Å². The van der Waals surface area contributed by atoms with Crippen LogP contribution in [-0.2, 0) is 10.0 Å². The van der Waals surface area contributed by atoms with Gasteiger partial charge in [-0.3, -0.25) is 0 Å². The summed E-state index contributed by atoms with van der Waals surface area (Å²) in [6.07, 6.45) is 3.86. The Labute approximate surface area is 119 Å². The first-order chi connectivity index (χ1) is 9.01. The van der Waals surface area contributed by atoms with Crippen molar-refractivity contribution >= 4 is 21.8 Å². The first-order valence-electron chi connectivity index (χ1n) is 6.00. The predicted octanol–water partition coefficient (Wildman–Crippen LogP) is 2.29. The van der Waals surface area contributed by atoms with Gasteiger partial charge >= 0.3 is 0 Å². The minimum Gasteiger partial charge on any atom is -0.211 e. The molecular formula is C13H18N2O2S2. The zero-order chi connectivity index (χ0) is 14.3. The fourth-order valence-electron chi connectivity index (χ4n) is 1.59. The maximum absolute atomic E-state index is 12.0. The van der Waals surface area contributed by atoms with Crippen molar-refractivity contribution in [2.75, 3.05) is 18.6 Å². The number of hydrogen-bond acceptors (Lipinski definition) is 4. The van der Waals surface area contributed by atoms with E-state index < -0.39 is 10.0 Å². The Morgan fingerprint density at radius 3 is 2.68 bits per heavy atom. The third-order valence-electron chi connectivity index (χ3n) is 2.70. The van der Waals surface area contributed by atoms with Crippen LogP contribution in [0.5, 0.6) is 0 Å². The van der Waals surface area contributed by atoms with Gasteiger partial charge in [0.15, 0.2) is 0 Å². The lowest BCUT2D eigenvalue weighted by molar-refractivity contribution is 0.578. The molecule has 1 aromatic carbocycles. The molecule has 0 spiro atoms. The number of unbranched alkanes of at least 4 members (excludes halogenated alkanes) is 1. The van der Waals surface area contributed by atoms with Crippen molar-refractivity contribution in [2.45, 2.75) is 24.7 Å². The van der Waals surface area contributed by atoms with Gasteiger partial charge in [-0.2, -0.15) is 17.0 Å². The number of aryl methyl sites for hydroxylation is 1. The smallest absolute Gasteiger partial charge is 0.211 e. The summed E-state index contributed by atoms with van der Waals surface area (Å²) in [4.78, 5) is 0.217. The van der Waals surface area contributed by atoms with Crippen molar-refractivity contribution in [3.8, 4) is 6.07 Å². The molecule has 0 saturated heterocycles. The highest BCUT2D eigenvalue weighted by molar-refractivity contribution is 7.98. The number of sulfonamides is 1. The minimum absolute atomic E-state index is 0.217. The second kappa shape index (κ2) is 7.53. The van der Waals surface area contributed by atoms with Crippen LogP contribution in [0.3, 0.4) is 0 Å². The molecule has 1 N–H and O–H groups in total. The standard InChI is InChI=1S/C13H18N2O2S2/c1-11-9-13(6-5-12(11)10-14)19(16,17)15-7-3-4-8-18-2/h5-6,9,15H,3-4,7-8H2,1-2H3. The van der Waals surface area contributed by atoms with Gasteiger partial charge in [-0.25, -0.2) is 13.1 Å². The zero-order valence-electron chi connectivity index (χ0n) is 11.1. The van der Waals surface area contributed by atoms with Gasteiger partial charge in [0.2, 0.25) is 10.0 Å². The molecule has 6 heteroatoms. The van der Waals surface area contributed by atoms with E-state index in [1.165, 1.54) is 18.2 Å². The first kappa shape index (κ1) is 16.0. The average Bonchev–Trinajstić information content (AvgIpc) is 2.38.